The van der Waals surface area contributed by atoms with Gasteiger partial charge in [0, 0.05) is 0 Å². The molecule has 0 aromatic rings. The SMILES string of the molecule is CCC(C)C1(OC(=O)C(C)C(=O)O)CCCC1. The molecule has 2 atom stereocenters. The molecule has 0 aromatic heterocycles. The van der Waals surface area contributed by atoms with Crippen LogP contribution >= 0.6 is 0 Å². The second-order valence-corrected chi connectivity index (χ2v) is 5.06. The number of hydrogen-bond donors (Lipinski definition) is 1. The van der Waals surface area contributed by atoms with Gasteiger partial charge < -0.3 is 9.84 Å². The van der Waals surface area contributed by atoms with Crippen molar-refractivity contribution in [3.05, 3.63) is 0 Å². The zero-order chi connectivity index (χ0) is 13.1. The average molecular weight is 242 g/mol. The summed E-state index contributed by atoms with van der Waals surface area (Å²) < 4.78 is 5.55. The van der Waals surface area contributed by atoms with Crippen molar-refractivity contribution >= 4 is 11.9 Å². The number of hydrogen-bond acceptors (Lipinski definition) is 3. The van der Waals surface area contributed by atoms with Gasteiger partial charge in [0.05, 0.1) is 0 Å². The fourth-order valence-electron chi connectivity index (χ4n) is 2.43. The highest BCUT2D eigenvalue weighted by molar-refractivity contribution is 5.93. The van der Waals surface area contributed by atoms with Gasteiger partial charge >= 0.3 is 11.9 Å². The van der Waals surface area contributed by atoms with Crippen LogP contribution in [0.1, 0.15) is 52.9 Å². The van der Waals surface area contributed by atoms with Crippen LogP contribution in [0.2, 0.25) is 0 Å². The van der Waals surface area contributed by atoms with Crippen molar-refractivity contribution < 1.29 is 19.4 Å². The summed E-state index contributed by atoms with van der Waals surface area (Å²) in [4.78, 5) is 22.5. The lowest BCUT2D eigenvalue weighted by Crippen LogP contribution is -2.41. The molecule has 0 radical (unpaired) electrons. The molecule has 1 aliphatic rings. The van der Waals surface area contributed by atoms with E-state index in [9.17, 15) is 9.59 Å². The Balaban J connectivity index is 2.74. The molecule has 0 amide bonds. The number of ether oxygens (including phenoxy) is 1. The number of carbonyl (C=O) groups is 2. The number of esters is 1. The average Bonchev–Trinajstić information content (AvgIpc) is 2.76. The zero-order valence-corrected chi connectivity index (χ0v) is 10.9. The number of carboxylic acids is 1. The van der Waals surface area contributed by atoms with Gasteiger partial charge in [0.25, 0.3) is 0 Å². The third-order valence-electron chi connectivity index (χ3n) is 3.99. The van der Waals surface area contributed by atoms with Gasteiger partial charge in [0.15, 0.2) is 5.92 Å². The maximum absolute atomic E-state index is 11.8. The third-order valence-corrected chi connectivity index (χ3v) is 3.99. The standard InChI is InChI=1S/C13H22O4/c1-4-9(2)13(7-5-6-8-13)17-12(16)10(3)11(14)15/h9-10H,4-8H2,1-3H3,(H,14,15). The van der Waals surface area contributed by atoms with Crippen LogP contribution in [0.15, 0.2) is 0 Å². The van der Waals surface area contributed by atoms with Crippen molar-refractivity contribution in [2.45, 2.75) is 58.5 Å². The lowest BCUT2D eigenvalue weighted by Gasteiger charge is -2.35. The first-order valence-electron chi connectivity index (χ1n) is 6.38. The van der Waals surface area contributed by atoms with Crippen LogP contribution in [-0.2, 0) is 14.3 Å². The Morgan fingerprint density at radius 1 is 1.29 bits per heavy atom. The molecule has 4 heteroatoms. The van der Waals surface area contributed by atoms with Gasteiger partial charge in [-0.15, -0.1) is 0 Å². The maximum atomic E-state index is 11.8. The van der Waals surface area contributed by atoms with Crippen molar-refractivity contribution in [1.29, 1.82) is 0 Å². The molecule has 1 N–H and O–H groups in total. The molecule has 0 aromatic carbocycles. The van der Waals surface area contributed by atoms with E-state index in [1.54, 1.807) is 0 Å². The van der Waals surface area contributed by atoms with E-state index in [4.69, 9.17) is 9.84 Å². The molecule has 2 unspecified atom stereocenters. The number of carboxylic acid groups (broad SMARTS) is 1. The molecule has 17 heavy (non-hydrogen) atoms. The molecule has 1 saturated carbocycles. The van der Waals surface area contributed by atoms with Crippen LogP contribution < -0.4 is 0 Å². The topological polar surface area (TPSA) is 63.6 Å². The van der Waals surface area contributed by atoms with Crippen molar-refractivity contribution in [3.8, 4) is 0 Å². The molecule has 0 spiro atoms. The fraction of sp³-hybridized carbons (Fsp3) is 0.846. The summed E-state index contributed by atoms with van der Waals surface area (Å²) in [6.45, 7) is 5.52. The molecule has 1 rings (SSSR count). The highest BCUT2D eigenvalue weighted by Gasteiger charge is 2.43. The van der Waals surface area contributed by atoms with E-state index in [0.29, 0.717) is 0 Å². The number of carbonyl (C=O) groups excluding carboxylic acids is 1. The van der Waals surface area contributed by atoms with Gasteiger partial charge in [-0.1, -0.05) is 13.8 Å². The second kappa shape index (κ2) is 5.52. The quantitative estimate of drug-likeness (QED) is 0.594. The minimum absolute atomic E-state index is 0.287. The van der Waals surface area contributed by atoms with Crippen LogP contribution in [0.5, 0.6) is 0 Å². The smallest absolute Gasteiger partial charge is 0.320 e. The Kier molecular flexibility index (Phi) is 4.54. The minimum Gasteiger partial charge on any atom is -0.481 e. The Morgan fingerprint density at radius 2 is 1.82 bits per heavy atom. The fourth-order valence-corrected chi connectivity index (χ4v) is 2.43. The van der Waals surface area contributed by atoms with E-state index in [1.807, 2.05) is 0 Å². The van der Waals surface area contributed by atoms with Crippen LogP contribution in [0, 0.1) is 11.8 Å². The van der Waals surface area contributed by atoms with Crippen LogP contribution in [0.3, 0.4) is 0 Å². The van der Waals surface area contributed by atoms with E-state index >= 15 is 0 Å². The molecule has 1 aliphatic carbocycles. The summed E-state index contributed by atoms with van der Waals surface area (Å²) >= 11 is 0. The molecule has 0 saturated heterocycles. The van der Waals surface area contributed by atoms with Crippen LogP contribution in [0.4, 0.5) is 0 Å². The maximum Gasteiger partial charge on any atom is 0.320 e. The largest absolute Gasteiger partial charge is 0.481 e. The highest BCUT2D eigenvalue weighted by Crippen LogP contribution is 2.41. The predicted octanol–water partition coefficient (Wildman–Crippen LogP) is 2.61. The summed E-state index contributed by atoms with van der Waals surface area (Å²) in [6, 6.07) is 0. The van der Waals surface area contributed by atoms with E-state index in [1.165, 1.54) is 6.92 Å². The normalized spacial score (nSPS) is 21.8. The Bertz CT molecular complexity index is 292. The van der Waals surface area contributed by atoms with Gasteiger partial charge in [-0.05, 0) is 44.9 Å². The summed E-state index contributed by atoms with van der Waals surface area (Å²) in [5.41, 5.74) is -0.421. The minimum atomic E-state index is -1.12. The van der Waals surface area contributed by atoms with E-state index in [-0.39, 0.29) is 5.92 Å². The number of aliphatic carboxylic acids is 1. The van der Waals surface area contributed by atoms with Gasteiger partial charge in [0.1, 0.15) is 5.60 Å². The Labute approximate surface area is 102 Å². The van der Waals surface area contributed by atoms with Gasteiger partial charge in [-0.2, -0.15) is 0 Å². The third kappa shape index (κ3) is 2.99. The zero-order valence-electron chi connectivity index (χ0n) is 10.9. The van der Waals surface area contributed by atoms with Gasteiger partial charge in [0.2, 0.25) is 0 Å². The second-order valence-electron chi connectivity index (χ2n) is 5.06. The van der Waals surface area contributed by atoms with Crippen molar-refractivity contribution in [2.75, 3.05) is 0 Å². The highest BCUT2D eigenvalue weighted by atomic mass is 16.6. The van der Waals surface area contributed by atoms with Gasteiger partial charge in [-0.25, -0.2) is 0 Å². The Morgan fingerprint density at radius 3 is 2.24 bits per heavy atom. The van der Waals surface area contributed by atoms with Crippen LogP contribution in [0.25, 0.3) is 0 Å². The molecule has 0 heterocycles. The van der Waals surface area contributed by atoms with E-state index < -0.39 is 23.5 Å². The molecule has 1 fully saturated rings. The molecule has 0 aliphatic heterocycles. The predicted molar refractivity (Wildman–Crippen MR) is 63.5 cm³/mol. The molecule has 98 valence electrons. The Hall–Kier alpha value is -1.06. The summed E-state index contributed by atoms with van der Waals surface area (Å²) in [5.74, 6) is -2.50. The van der Waals surface area contributed by atoms with Crippen molar-refractivity contribution in [2.24, 2.45) is 11.8 Å². The monoisotopic (exact) mass is 242 g/mol. The molecular formula is C13H22O4. The first-order chi connectivity index (χ1) is 7.93. The number of rotatable bonds is 5. The molecule has 0 bridgehead atoms. The lowest BCUT2D eigenvalue weighted by atomic mass is 9.85. The van der Waals surface area contributed by atoms with Crippen molar-refractivity contribution in [3.63, 3.8) is 0 Å². The molecule has 4 nitrogen and oxygen atoms in total. The summed E-state index contributed by atoms with van der Waals surface area (Å²) in [7, 11) is 0. The van der Waals surface area contributed by atoms with Gasteiger partial charge in [-0.3, -0.25) is 9.59 Å². The first-order valence-corrected chi connectivity index (χ1v) is 6.38. The summed E-state index contributed by atoms with van der Waals surface area (Å²) in [6.07, 6.45) is 4.77. The summed E-state index contributed by atoms with van der Waals surface area (Å²) in [5, 5.41) is 8.81. The van der Waals surface area contributed by atoms with Crippen LogP contribution in [-0.4, -0.2) is 22.6 Å². The molecular weight excluding hydrogens is 220 g/mol. The van der Waals surface area contributed by atoms with Crippen molar-refractivity contribution in [1.82, 2.24) is 0 Å². The van der Waals surface area contributed by atoms with E-state index in [2.05, 4.69) is 13.8 Å². The lowest BCUT2D eigenvalue weighted by molar-refractivity contribution is -0.174. The first kappa shape index (κ1) is 14.0. The van der Waals surface area contributed by atoms with E-state index in [0.717, 1.165) is 32.1 Å².